The van der Waals surface area contributed by atoms with Gasteiger partial charge in [0.2, 0.25) is 0 Å². The van der Waals surface area contributed by atoms with Gasteiger partial charge >= 0.3 is 0 Å². The molecule has 0 aromatic heterocycles. The van der Waals surface area contributed by atoms with Crippen molar-refractivity contribution in [1.29, 1.82) is 0 Å². The molecular weight excluding hydrogens is 212 g/mol. The van der Waals surface area contributed by atoms with Gasteiger partial charge in [-0.2, -0.15) is 0 Å². The number of hydrogen-bond donors (Lipinski definition) is 1. The Kier molecular flexibility index (Phi) is 2.04. The topological polar surface area (TPSA) is 37.3 Å². The maximum atomic E-state index is 12.3. The molecule has 1 N–H and O–H groups in total. The highest BCUT2D eigenvalue weighted by molar-refractivity contribution is 5.86. The zero-order valence-electron chi connectivity index (χ0n) is 11.4. The van der Waals surface area contributed by atoms with Crippen LogP contribution < -0.4 is 0 Å². The molecule has 0 aromatic rings. The van der Waals surface area contributed by atoms with Gasteiger partial charge in [-0.25, -0.2) is 0 Å². The molecule has 3 rings (SSSR count). The minimum absolute atomic E-state index is 0.0259. The van der Waals surface area contributed by atoms with E-state index in [0.717, 1.165) is 25.7 Å². The van der Waals surface area contributed by atoms with Crippen molar-refractivity contribution in [2.45, 2.75) is 59.0 Å². The number of Topliss-reactive ketones (excluding diaryl/α,β-unsaturated/α-hetero) is 1. The highest BCUT2D eigenvalue weighted by atomic mass is 16.3. The van der Waals surface area contributed by atoms with Gasteiger partial charge in [-0.3, -0.25) is 4.79 Å². The van der Waals surface area contributed by atoms with Crippen molar-refractivity contribution >= 4 is 5.78 Å². The number of ketones is 1. The van der Waals surface area contributed by atoms with Crippen LogP contribution in [0, 0.1) is 28.6 Å². The fourth-order valence-corrected chi connectivity index (χ4v) is 5.72. The summed E-state index contributed by atoms with van der Waals surface area (Å²) in [5, 5.41) is 10.6. The number of fused-ring (bicyclic) bond motifs is 1. The molecule has 0 aromatic carbocycles. The molecule has 1 unspecified atom stereocenters. The van der Waals surface area contributed by atoms with Gasteiger partial charge in [0.25, 0.3) is 0 Å². The minimum atomic E-state index is -0.570. The number of carbonyl (C=O) groups is 1. The Morgan fingerprint density at radius 2 is 1.88 bits per heavy atom. The van der Waals surface area contributed by atoms with Gasteiger partial charge in [0.1, 0.15) is 5.78 Å². The molecular formula is C15H24O2. The predicted molar refractivity (Wildman–Crippen MR) is 66.5 cm³/mol. The van der Waals surface area contributed by atoms with Crippen molar-refractivity contribution in [1.82, 2.24) is 0 Å². The zero-order valence-corrected chi connectivity index (χ0v) is 11.4. The van der Waals surface area contributed by atoms with Gasteiger partial charge in [0, 0.05) is 12.3 Å². The first-order valence-electron chi connectivity index (χ1n) is 6.97. The molecule has 2 bridgehead atoms. The molecule has 3 saturated carbocycles. The average Bonchev–Trinajstić information content (AvgIpc) is 2.55. The standard InChI is InChI=1S/C15H24O2/c1-9-7-10(16)12-13(2,3)11-8-15(9,12)6-5-14(11,4)17/h9,11-12,17H,5-8H2,1-4H3/t9-,11-,12+,14-,15?/m1/s1. The van der Waals surface area contributed by atoms with Gasteiger partial charge in [-0.15, -0.1) is 0 Å². The molecule has 96 valence electrons. The van der Waals surface area contributed by atoms with Crippen LogP contribution in [0.2, 0.25) is 0 Å². The number of carbonyl (C=O) groups excluding carboxylic acids is 1. The highest BCUT2D eigenvalue weighted by Gasteiger charge is 2.70. The first-order valence-corrected chi connectivity index (χ1v) is 6.97. The molecule has 3 aliphatic carbocycles. The summed E-state index contributed by atoms with van der Waals surface area (Å²) in [4.78, 5) is 12.3. The maximum Gasteiger partial charge on any atom is 0.137 e. The lowest BCUT2D eigenvalue weighted by Crippen LogP contribution is -2.44. The summed E-state index contributed by atoms with van der Waals surface area (Å²) in [5.41, 5.74) is -0.381. The second-order valence-electron chi connectivity index (χ2n) is 7.67. The number of hydrogen-bond acceptors (Lipinski definition) is 2. The van der Waals surface area contributed by atoms with E-state index in [0.29, 0.717) is 17.6 Å². The second-order valence-corrected chi connectivity index (χ2v) is 7.67. The van der Waals surface area contributed by atoms with Crippen LogP contribution in [0.15, 0.2) is 0 Å². The van der Waals surface area contributed by atoms with Crippen molar-refractivity contribution in [3.63, 3.8) is 0 Å². The molecule has 0 aliphatic heterocycles. The molecule has 2 heteroatoms. The predicted octanol–water partition coefficient (Wildman–Crippen LogP) is 2.79. The van der Waals surface area contributed by atoms with Crippen molar-refractivity contribution in [3.05, 3.63) is 0 Å². The first-order chi connectivity index (χ1) is 7.72. The van der Waals surface area contributed by atoms with Gasteiger partial charge in [0.15, 0.2) is 0 Å². The lowest BCUT2D eigenvalue weighted by atomic mass is 9.64. The van der Waals surface area contributed by atoms with Crippen LogP contribution in [0.25, 0.3) is 0 Å². The molecule has 3 fully saturated rings. The van der Waals surface area contributed by atoms with Crippen LogP contribution in [-0.2, 0) is 4.79 Å². The van der Waals surface area contributed by atoms with Gasteiger partial charge in [0.05, 0.1) is 5.60 Å². The van der Waals surface area contributed by atoms with Crippen LogP contribution in [0.5, 0.6) is 0 Å². The SMILES string of the molecule is C[C@@H]1CC(=O)[C@H]2C(C)(C)[C@H]3CC12CC[C@@]3(C)O. The summed E-state index contributed by atoms with van der Waals surface area (Å²) >= 11 is 0. The largest absolute Gasteiger partial charge is 0.390 e. The van der Waals surface area contributed by atoms with Crippen LogP contribution in [-0.4, -0.2) is 16.5 Å². The lowest BCUT2D eigenvalue weighted by Gasteiger charge is -2.44. The summed E-state index contributed by atoms with van der Waals surface area (Å²) in [6.07, 6.45) is 3.74. The van der Waals surface area contributed by atoms with E-state index in [2.05, 4.69) is 20.8 Å². The number of aliphatic hydroxyl groups is 1. The summed E-state index contributed by atoms with van der Waals surface area (Å²) in [6, 6.07) is 0. The van der Waals surface area contributed by atoms with E-state index in [1.807, 2.05) is 6.92 Å². The summed E-state index contributed by atoms with van der Waals surface area (Å²) in [5.74, 6) is 1.47. The van der Waals surface area contributed by atoms with Crippen LogP contribution in [0.4, 0.5) is 0 Å². The van der Waals surface area contributed by atoms with Crippen LogP contribution in [0.3, 0.4) is 0 Å². The van der Waals surface area contributed by atoms with E-state index in [1.54, 1.807) is 0 Å². The smallest absolute Gasteiger partial charge is 0.137 e. The quantitative estimate of drug-likeness (QED) is 0.702. The Morgan fingerprint density at radius 1 is 1.24 bits per heavy atom. The molecule has 0 saturated heterocycles. The first kappa shape index (κ1) is 11.7. The maximum absolute atomic E-state index is 12.3. The molecule has 1 spiro atoms. The van der Waals surface area contributed by atoms with E-state index >= 15 is 0 Å². The van der Waals surface area contributed by atoms with E-state index in [1.165, 1.54) is 0 Å². The zero-order chi connectivity index (χ0) is 12.6. The number of rotatable bonds is 0. The molecule has 17 heavy (non-hydrogen) atoms. The van der Waals surface area contributed by atoms with E-state index in [-0.39, 0.29) is 16.7 Å². The van der Waals surface area contributed by atoms with Crippen molar-refractivity contribution in [3.8, 4) is 0 Å². The van der Waals surface area contributed by atoms with E-state index in [4.69, 9.17) is 0 Å². The fraction of sp³-hybridized carbons (Fsp3) is 0.933. The highest BCUT2D eigenvalue weighted by Crippen LogP contribution is 2.72. The molecule has 5 atom stereocenters. The molecule has 0 amide bonds. The molecule has 3 aliphatic rings. The second kappa shape index (κ2) is 2.96. The van der Waals surface area contributed by atoms with E-state index in [9.17, 15) is 9.90 Å². The minimum Gasteiger partial charge on any atom is -0.390 e. The van der Waals surface area contributed by atoms with Gasteiger partial charge in [-0.05, 0) is 48.9 Å². The Morgan fingerprint density at radius 3 is 2.53 bits per heavy atom. The Bertz CT molecular complexity index is 382. The summed E-state index contributed by atoms with van der Waals surface area (Å²) in [7, 11) is 0. The molecule has 2 nitrogen and oxygen atoms in total. The monoisotopic (exact) mass is 236 g/mol. The average molecular weight is 236 g/mol. The van der Waals surface area contributed by atoms with Crippen LogP contribution >= 0.6 is 0 Å². The summed E-state index contributed by atoms with van der Waals surface area (Å²) < 4.78 is 0. The Hall–Kier alpha value is -0.370. The fourth-order valence-electron chi connectivity index (χ4n) is 5.72. The van der Waals surface area contributed by atoms with Gasteiger partial charge in [-0.1, -0.05) is 20.8 Å². The molecule has 0 heterocycles. The molecule has 0 radical (unpaired) electrons. The van der Waals surface area contributed by atoms with Crippen molar-refractivity contribution in [2.24, 2.45) is 28.6 Å². The third-order valence-electron chi connectivity index (χ3n) is 6.46. The van der Waals surface area contributed by atoms with Crippen molar-refractivity contribution < 1.29 is 9.90 Å². The van der Waals surface area contributed by atoms with Crippen molar-refractivity contribution in [2.75, 3.05) is 0 Å². The lowest BCUT2D eigenvalue weighted by molar-refractivity contribution is -0.125. The summed E-state index contributed by atoms with van der Waals surface area (Å²) in [6.45, 7) is 8.64. The Balaban J connectivity index is 2.13. The normalized spacial score (nSPS) is 56.1. The third kappa shape index (κ3) is 1.18. The third-order valence-corrected chi connectivity index (χ3v) is 6.46. The van der Waals surface area contributed by atoms with Crippen LogP contribution in [0.1, 0.15) is 53.4 Å². The van der Waals surface area contributed by atoms with Gasteiger partial charge < -0.3 is 5.11 Å². The van der Waals surface area contributed by atoms with E-state index < -0.39 is 5.60 Å². The Labute approximate surface area is 104 Å².